The third kappa shape index (κ3) is 2.61. The number of hydrogen-bond donors (Lipinski definition) is 1. The Hall–Kier alpha value is -1.49. The molecule has 0 atom stereocenters. The van der Waals surface area contributed by atoms with Crippen molar-refractivity contribution in [3.8, 4) is 0 Å². The zero-order valence-electron chi connectivity index (χ0n) is 10.0. The molecular weight excluding hydrogens is 238 g/mol. The number of halogens is 1. The van der Waals surface area contributed by atoms with Gasteiger partial charge in [-0.15, -0.1) is 0 Å². The summed E-state index contributed by atoms with van der Waals surface area (Å²) < 4.78 is 3.77. The van der Waals surface area contributed by atoms with Gasteiger partial charge in [0, 0.05) is 19.3 Å². The maximum Gasteiger partial charge on any atom is 0.145 e. The maximum atomic E-state index is 6.08. The largest absolute Gasteiger partial charge is 0.382 e. The van der Waals surface area contributed by atoms with Gasteiger partial charge in [0.15, 0.2) is 0 Å². The summed E-state index contributed by atoms with van der Waals surface area (Å²) in [5, 5.41) is 9.26. The van der Waals surface area contributed by atoms with Gasteiger partial charge in [0.2, 0.25) is 0 Å². The fourth-order valence-corrected chi connectivity index (χ4v) is 1.91. The van der Waals surface area contributed by atoms with E-state index in [1.807, 2.05) is 29.4 Å². The molecule has 0 radical (unpaired) electrons. The number of aryl methyl sites for hydroxylation is 3. The summed E-state index contributed by atoms with van der Waals surface area (Å²) in [6.45, 7) is 5.56. The highest BCUT2D eigenvalue weighted by molar-refractivity contribution is 6.31. The molecule has 0 saturated heterocycles. The SMILES string of the molecule is Cc1nn(CCCn2ccc(N)n2)c(C)c1Cl. The van der Waals surface area contributed by atoms with E-state index in [0.29, 0.717) is 5.82 Å². The molecule has 0 amide bonds. The van der Waals surface area contributed by atoms with E-state index in [1.54, 1.807) is 6.07 Å². The Morgan fingerprint density at radius 1 is 1.29 bits per heavy atom. The van der Waals surface area contributed by atoms with Crippen molar-refractivity contribution in [2.45, 2.75) is 33.4 Å². The standard InChI is InChI=1S/C11H16ClN5/c1-8-11(12)9(2)17(14-8)6-3-5-16-7-4-10(13)15-16/h4,7H,3,5-6H2,1-2H3,(H2,13,15). The van der Waals surface area contributed by atoms with E-state index in [1.165, 1.54) is 0 Å². The van der Waals surface area contributed by atoms with Crippen molar-refractivity contribution in [2.24, 2.45) is 0 Å². The molecule has 17 heavy (non-hydrogen) atoms. The van der Waals surface area contributed by atoms with Gasteiger partial charge in [-0.1, -0.05) is 11.6 Å². The molecule has 2 aromatic rings. The molecule has 0 bridgehead atoms. The second kappa shape index (κ2) is 4.79. The van der Waals surface area contributed by atoms with Crippen molar-refractivity contribution in [1.29, 1.82) is 0 Å². The van der Waals surface area contributed by atoms with Gasteiger partial charge >= 0.3 is 0 Å². The van der Waals surface area contributed by atoms with Crippen molar-refractivity contribution >= 4 is 17.4 Å². The minimum absolute atomic E-state index is 0.555. The molecule has 0 spiro atoms. The fraction of sp³-hybridized carbons (Fsp3) is 0.455. The van der Waals surface area contributed by atoms with Crippen LogP contribution in [0.5, 0.6) is 0 Å². The van der Waals surface area contributed by atoms with Gasteiger partial charge in [-0.3, -0.25) is 9.36 Å². The first-order valence-corrected chi connectivity index (χ1v) is 5.94. The highest BCUT2D eigenvalue weighted by Crippen LogP contribution is 2.18. The van der Waals surface area contributed by atoms with Gasteiger partial charge in [-0.05, 0) is 26.3 Å². The Labute approximate surface area is 105 Å². The molecule has 0 aliphatic rings. The third-order valence-electron chi connectivity index (χ3n) is 2.71. The highest BCUT2D eigenvalue weighted by Gasteiger charge is 2.08. The molecule has 92 valence electrons. The predicted molar refractivity (Wildman–Crippen MR) is 68.0 cm³/mol. The lowest BCUT2D eigenvalue weighted by molar-refractivity contribution is 0.494. The molecule has 2 rings (SSSR count). The molecule has 2 heterocycles. The van der Waals surface area contributed by atoms with Crippen molar-refractivity contribution in [3.63, 3.8) is 0 Å². The molecule has 2 aromatic heterocycles. The molecule has 5 nitrogen and oxygen atoms in total. The van der Waals surface area contributed by atoms with Crippen LogP contribution in [-0.4, -0.2) is 19.6 Å². The Morgan fingerprint density at radius 3 is 2.59 bits per heavy atom. The van der Waals surface area contributed by atoms with E-state index < -0.39 is 0 Å². The van der Waals surface area contributed by atoms with E-state index in [4.69, 9.17) is 17.3 Å². The molecule has 0 aliphatic heterocycles. The van der Waals surface area contributed by atoms with Crippen LogP contribution in [0.2, 0.25) is 5.02 Å². The van der Waals surface area contributed by atoms with Crippen LogP contribution in [0.1, 0.15) is 17.8 Å². The number of aromatic nitrogens is 4. The lowest BCUT2D eigenvalue weighted by Gasteiger charge is -2.04. The van der Waals surface area contributed by atoms with Gasteiger partial charge in [0.1, 0.15) is 5.82 Å². The van der Waals surface area contributed by atoms with Gasteiger partial charge in [0.25, 0.3) is 0 Å². The summed E-state index contributed by atoms with van der Waals surface area (Å²) >= 11 is 6.08. The zero-order valence-corrected chi connectivity index (χ0v) is 10.8. The fourth-order valence-electron chi connectivity index (χ4n) is 1.78. The summed E-state index contributed by atoms with van der Waals surface area (Å²) in [5.41, 5.74) is 7.44. The maximum absolute atomic E-state index is 6.08. The van der Waals surface area contributed by atoms with Crippen molar-refractivity contribution in [3.05, 3.63) is 28.7 Å². The van der Waals surface area contributed by atoms with Crippen LogP contribution < -0.4 is 5.73 Å². The number of hydrogen-bond acceptors (Lipinski definition) is 3. The smallest absolute Gasteiger partial charge is 0.145 e. The van der Waals surface area contributed by atoms with Gasteiger partial charge in [-0.25, -0.2) is 0 Å². The minimum Gasteiger partial charge on any atom is -0.382 e. The molecule has 2 N–H and O–H groups in total. The van der Waals surface area contributed by atoms with E-state index >= 15 is 0 Å². The van der Waals surface area contributed by atoms with Gasteiger partial charge < -0.3 is 5.73 Å². The predicted octanol–water partition coefficient (Wildman–Crippen LogP) is 2.02. The lowest BCUT2D eigenvalue weighted by atomic mass is 10.4. The van der Waals surface area contributed by atoms with Crippen molar-refractivity contribution in [2.75, 3.05) is 5.73 Å². The van der Waals surface area contributed by atoms with E-state index in [9.17, 15) is 0 Å². The number of nitrogen functional groups attached to an aromatic ring is 1. The number of nitrogens with zero attached hydrogens (tertiary/aromatic N) is 4. The molecular formula is C11H16ClN5. The first kappa shape index (κ1) is 12.0. The third-order valence-corrected chi connectivity index (χ3v) is 3.26. The molecule has 0 unspecified atom stereocenters. The normalized spacial score (nSPS) is 11.0. The molecule has 0 aromatic carbocycles. The Kier molecular flexibility index (Phi) is 3.38. The Bertz CT molecular complexity index is 514. The van der Waals surface area contributed by atoms with Crippen molar-refractivity contribution in [1.82, 2.24) is 19.6 Å². The quantitative estimate of drug-likeness (QED) is 0.907. The molecule has 0 saturated carbocycles. The number of nitrogens with two attached hydrogens (primary N) is 1. The summed E-state index contributed by atoms with van der Waals surface area (Å²) in [6.07, 6.45) is 2.82. The first-order chi connectivity index (χ1) is 8.08. The summed E-state index contributed by atoms with van der Waals surface area (Å²) in [6, 6.07) is 1.79. The van der Waals surface area contributed by atoms with Crippen LogP contribution in [0.15, 0.2) is 12.3 Å². The Morgan fingerprint density at radius 2 is 2.06 bits per heavy atom. The number of anilines is 1. The minimum atomic E-state index is 0.555. The molecule has 0 fully saturated rings. The Balaban J connectivity index is 1.92. The second-order valence-electron chi connectivity index (χ2n) is 4.07. The van der Waals surface area contributed by atoms with Crippen LogP contribution >= 0.6 is 11.6 Å². The summed E-state index contributed by atoms with van der Waals surface area (Å²) in [7, 11) is 0. The molecule has 0 aliphatic carbocycles. The zero-order chi connectivity index (χ0) is 12.4. The van der Waals surface area contributed by atoms with Crippen LogP contribution in [0.4, 0.5) is 5.82 Å². The average Bonchev–Trinajstić information content (AvgIpc) is 2.80. The molecule has 6 heteroatoms. The van der Waals surface area contributed by atoms with E-state index in [-0.39, 0.29) is 0 Å². The van der Waals surface area contributed by atoms with Crippen molar-refractivity contribution < 1.29 is 0 Å². The number of rotatable bonds is 4. The van der Waals surface area contributed by atoms with E-state index in [2.05, 4.69) is 10.2 Å². The summed E-state index contributed by atoms with van der Waals surface area (Å²) in [4.78, 5) is 0. The topological polar surface area (TPSA) is 61.7 Å². The van der Waals surface area contributed by atoms with Crippen LogP contribution in [0.3, 0.4) is 0 Å². The highest BCUT2D eigenvalue weighted by atomic mass is 35.5. The first-order valence-electron chi connectivity index (χ1n) is 5.56. The van der Waals surface area contributed by atoms with Crippen LogP contribution in [0, 0.1) is 13.8 Å². The average molecular weight is 254 g/mol. The lowest BCUT2D eigenvalue weighted by Crippen LogP contribution is -2.07. The van der Waals surface area contributed by atoms with Gasteiger partial charge in [-0.2, -0.15) is 10.2 Å². The monoisotopic (exact) mass is 253 g/mol. The van der Waals surface area contributed by atoms with Crippen LogP contribution in [-0.2, 0) is 13.1 Å². The van der Waals surface area contributed by atoms with E-state index in [0.717, 1.165) is 35.9 Å². The second-order valence-corrected chi connectivity index (χ2v) is 4.44. The summed E-state index contributed by atoms with van der Waals surface area (Å²) in [5.74, 6) is 0.555. The van der Waals surface area contributed by atoms with Gasteiger partial charge in [0.05, 0.1) is 16.4 Å². The van der Waals surface area contributed by atoms with Crippen LogP contribution in [0.25, 0.3) is 0 Å².